The first-order valence-corrected chi connectivity index (χ1v) is 4.46. The van der Waals surface area contributed by atoms with Gasteiger partial charge in [-0.15, -0.1) is 0 Å². The molecule has 0 saturated heterocycles. The fourth-order valence-electron chi connectivity index (χ4n) is 1.44. The fraction of sp³-hybridized carbons (Fsp3) is 0.182. The van der Waals surface area contributed by atoms with E-state index in [9.17, 15) is 0 Å². The maximum absolute atomic E-state index is 5.45. The van der Waals surface area contributed by atoms with Crippen molar-refractivity contribution in [2.24, 2.45) is 0 Å². The molecule has 0 spiro atoms. The van der Waals surface area contributed by atoms with E-state index in [1.807, 2.05) is 42.6 Å². The Morgan fingerprint density at radius 1 is 1.36 bits per heavy atom. The average molecular weight is 188 g/mol. The lowest BCUT2D eigenvalue weighted by Crippen LogP contribution is -2.41. The molecular weight excluding hydrogens is 176 g/mol. The van der Waals surface area contributed by atoms with Crippen molar-refractivity contribution in [3.05, 3.63) is 54.5 Å². The molecule has 72 valence electrons. The lowest BCUT2D eigenvalue weighted by atomic mass is 10.1. The lowest BCUT2D eigenvalue weighted by Gasteiger charge is -2.30. The first-order valence-electron chi connectivity index (χ1n) is 4.46. The van der Waals surface area contributed by atoms with Gasteiger partial charge in [-0.2, -0.15) is 0 Å². The van der Waals surface area contributed by atoms with Crippen LogP contribution in [0.1, 0.15) is 5.69 Å². The number of hydrogen-bond acceptors (Lipinski definition) is 3. The molecule has 0 aromatic carbocycles. The highest BCUT2D eigenvalue weighted by Gasteiger charge is 2.29. The van der Waals surface area contributed by atoms with E-state index in [2.05, 4.69) is 10.3 Å². The van der Waals surface area contributed by atoms with Crippen molar-refractivity contribution >= 4 is 0 Å². The molecule has 2 rings (SSSR count). The summed E-state index contributed by atoms with van der Waals surface area (Å²) < 4.78 is 5.45. The first kappa shape index (κ1) is 8.97. The van der Waals surface area contributed by atoms with E-state index in [-0.39, 0.29) is 0 Å². The highest BCUT2D eigenvalue weighted by Crippen LogP contribution is 2.23. The van der Waals surface area contributed by atoms with Gasteiger partial charge in [0.05, 0.1) is 5.69 Å². The van der Waals surface area contributed by atoms with Crippen molar-refractivity contribution in [2.75, 3.05) is 7.11 Å². The molecular formula is C11H12N2O. The standard InChI is InChI=1S/C11H12N2O/c1-14-11(7-3-5-9-13-11)10-6-2-4-8-12-10/h2-9,13H,1H3. The van der Waals surface area contributed by atoms with Gasteiger partial charge in [0.15, 0.2) is 0 Å². The van der Waals surface area contributed by atoms with Crippen LogP contribution in [0, 0.1) is 0 Å². The summed E-state index contributed by atoms with van der Waals surface area (Å²) in [7, 11) is 1.66. The van der Waals surface area contributed by atoms with Gasteiger partial charge < -0.3 is 10.1 Å². The molecule has 2 heterocycles. The Morgan fingerprint density at radius 3 is 2.86 bits per heavy atom. The molecule has 1 N–H and O–H groups in total. The maximum Gasteiger partial charge on any atom is 0.201 e. The second-order valence-corrected chi connectivity index (χ2v) is 3.02. The number of ether oxygens (including phenoxy) is 1. The number of aromatic nitrogens is 1. The van der Waals surface area contributed by atoms with E-state index in [1.54, 1.807) is 13.3 Å². The molecule has 0 aliphatic carbocycles. The number of pyridine rings is 1. The summed E-state index contributed by atoms with van der Waals surface area (Å²) in [4.78, 5) is 4.27. The largest absolute Gasteiger partial charge is 0.355 e. The molecule has 1 aliphatic heterocycles. The highest BCUT2D eigenvalue weighted by molar-refractivity contribution is 5.25. The van der Waals surface area contributed by atoms with Crippen molar-refractivity contribution in [3.63, 3.8) is 0 Å². The molecule has 1 aromatic rings. The highest BCUT2D eigenvalue weighted by atomic mass is 16.5. The van der Waals surface area contributed by atoms with Gasteiger partial charge in [0.2, 0.25) is 5.72 Å². The van der Waals surface area contributed by atoms with Crippen LogP contribution in [0.5, 0.6) is 0 Å². The zero-order chi connectivity index (χ0) is 9.86. The molecule has 0 saturated carbocycles. The molecule has 3 heteroatoms. The van der Waals surface area contributed by atoms with Gasteiger partial charge in [0.1, 0.15) is 0 Å². The van der Waals surface area contributed by atoms with Gasteiger partial charge in [0.25, 0.3) is 0 Å². The summed E-state index contributed by atoms with van der Waals surface area (Å²) in [6.45, 7) is 0. The van der Waals surface area contributed by atoms with Gasteiger partial charge in [-0.3, -0.25) is 4.98 Å². The Labute approximate surface area is 83.1 Å². The monoisotopic (exact) mass is 188 g/mol. The van der Waals surface area contributed by atoms with Crippen LogP contribution in [0.4, 0.5) is 0 Å². The predicted octanol–water partition coefficient (Wildman–Crippen LogP) is 1.55. The van der Waals surface area contributed by atoms with Crippen molar-refractivity contribution in [1.29, 1.82) is 0 Å². The number of methoxy groups -OCH3 is 1. The Morgan fingerprint density at radius 2 is 2.29 bits per heavy atom. The third kappa shape index (κ3) is 1.42. The molecule has 0 radical (unpaired) electrons. The minimum absolute atomic E-state index is 0.615. The Bertz CT molecular complexity index is 359. The van der Waals surface area contributed by atoms with Crippen LogP contribution in [-0.2, 0) is 10.5 Å². The second kappa shape index (κ2) is 3.64. The summed E-state index contributed by atoms with van der Waals surface area (Å²) in [6, 6.07) is 5.76. The topological polar surface area (TPSA) is 34.1 Å². The molecule has 0 fully saturated rings. The van der Waals surface area contributed by atoms with E-state index < -0.39 is 5.72 Å². The Balaban J connectivity index is 2.39. The molecule has 1 aromatic heterocycles. The van der Waals surface area contributed by atoms with Crippen LogP contribution in [0.3, 0.4) is 0 Å². The normalized spacial score (nSPS) is 24.6. The minimum atomic E-state index is -0.615. The minimum Gasteiger partial charge on any atom is -0.355 e. The summed E-state index contributed by atoms with van der Waals surface area (Å²) in [5.74, 6) is 0. The van der Waals surface area contributed by atoms with E-state index >= 15 is 0 Å². The number of rotatable bonds is 2. The molecule has 1 atom stereocenters. The number of nitrogens with zero attached hydrogens (tertiary/aromatic N) is 1. The zero-order valence-electron chi connectivity index (χ0n) is 7.97. The molecule has 14 heavy (non-hydrogen) atoms. The first-order chi connectivity index (χ1) is 6.87. The van der Waals surface area contributed by atoms with Crippen LogP contribution >= 0.6 is 0 Å². The average Bonchev–Trinajstić information content (AvgIpc) is 2.31. The van der Waals surface area contributed by atoms with Gasteiger partial charge >= 0.3 is 0 Å². The molecule has 0 amide bonds. The van der Waals surface area contributed by atoms with Crippen molar-refractivity contribution in [3.8, 4) is 0 Å². The van der Waals surface area contributed by atoms with E-state index in [1.165, 1.54) is 0 Å². The smallest absolute Gasteiger partial charge is 0.201 e. The van der Waals surface area contributed by atoms with Gasteiger partial charge in [-0.1, -0.05) is 12.1 Å². The maximum atomic E-state index is 5.45. The summed E-state index contributed by atoms with van der Waals surface area (Å²) in [5, 5.41) is 3.15. The summed E-state index contributed by atoms with van der Waals surface area (Å²) in [6.07, 6.45) is 9.40. The fourth-order valence-corrected chi connectivity index (χ4v) is 1.44. The molecule has 0 bridgehead atoms. The predicted molar refractivity (Wildman–Crippen MR) is 54.3 cm³/mol. The van der Waals surface area contributed by atoms with E-state index in [0.29, 0.717) is 0 Å². The van der Waals surface area contributed by atoms with Crippen LogP contribution in [0.15, 0.2) is 48.8 Å². The van der Waals surface area contributed by atoms with Crippen LogP contribution in [-0.4, -0.2) is 12.1 Å². The van der Waals surface area contributed by atoms with Gasteiger partial charge in [-0.05, 0) is 30.5 Å². The van der Waals surface area contributed by atoms with E-state index in [0.717, 1.165) is 5.69 Å². The van der Waals surface area contributed by atoms with Gasteiger partial charge in [0, 0.05) is 13.3 Å². The molecule has 1 aliphatic rings. The zero-order valence-corrected chi connectivity index (χ0v) is 7.97. The third-order valence-electron chi connectivity index (χ3n) is 2.20. The van der Waals surface area contributed by atoms with E-state index in [4.69, 9.17) is 4.74 Å². The number of hydrogen-bond donors (Lipinski definition) is 1. The number of allylic oxidation sites excluding steroid dienone is 2. The summed E-state index contributed by atoms with van der Waals surface area (Å²) in [5.41, 5.74) is 0.235. The summed E-state index contributed by atoms with van der Waals surface area (Å²) >= 11 is 0. The number of nitrogens with one attached hydrogen (secondary N) is 1. The van der Waals surface area contributed by atoms with Crippen LogP contribution in [0.2, 0.25) is 0 Å². The second-order valence-electron chi connectivity index (χ2n) is 3.02. The molecule has 3 nitrogen and oxygen atoms in total. The van der Waals surface area contributed by atoms with Crippen molar-refractivity contribution < 1.29 is 4.74 Å². The SMILES string of the molecule is COC1(c2ccccn2)C=CC=CN1. The lowest BCUT2D eigenvalue weighted by molar-refractivity contribution is 0.00557. The van der Waals surface area contributed by atoms with Gasteiger partial charge in [-0.25, -0.2) is 0 Å². The van der Waals surface area contributed by atoms with Crippen molar-refractivity contribution in [2.45, 2.75) is 5.72 Å². The Kier molecular flexibility index (Phi) is 2.33. The van der Waals surface area contributed by atoms with Crippen molar-refractivity contribution in [1.82, 2.24) is 10.3 Å². The number of dihydropyridines is 1. The Hall–Kier alpha value is -1.61. The molecule has 1 unspecified atom stereocenters. The van der Waals surface area contributed by atoms with Crippen LogP contribution in [0.25, 0.3) is 0 Å². The quantitative estimate of drug-likeness (QED) is 0.764. The van der Waals surface area contributed by atoms with Crippen LogP contribution < -0.4 is 5.32 Å². The third-order valence-corrected chi connectivity index (χ3v) is 2.20.